The maximum absolute atomic E-state index is 13.6. The number of ether oxygens (including phenoxy) is 2. The van der Waals surface area contributed by atoms with Gasteiger partial charge >= 0.3 is 11.9 Å². The van der Waals surface area contributed by atoms with E-state index in [0.717, 1.165) is 31.7 Å². The predicted octanol–water partition coefficient (Wildman–Crippen LogP) is 6.06. The van der Waals surface area contributed by atoms with Crippen molar-refractivity contribution in [3.8, 4) is 6.07 Å². The van der Waals surface area contributed by atoms with E-state index < -0.39 is 17.9 Å². The molecule has 1 fully saturated rings. The van der Waals surface area contributed by atoms with E-state index in [1.165, 1.54) is 30.1 Å². The van der Waals surface area contributed by atoms with Crippen molar-refractivity contribution in [1.82, 2.24) is 15.2 Å². The third-order valence-electron chi connectivity index (χ3n) is 9.43. The van der Waals surface area contributed by atoms with Crippen LogP contribution in [0, 0.1) is 11.3 Å². The maximum atomic E-state index is 13.6. The van der Waals surface area contributed by atoms with Gasteiger partial charge in [0, 0.05) is 55.9 Å². The van der Waals surface area contributed by atoms with Gasteiger partial charge in [-0.25, -0.2) is 9.59 Å². The molecule has 0 saturated carbocycles. The van der Waals surface area contributed by atoms with Crippen molar-refractivity contribution < 1.29 is 19.1 Å². The molecule has 2 aliphatic heterocycles. The molecule has 0 aliphatic carbocycles. The molecule has 1 atom stereocenters. The van der Waals surface area contributed by atoms with Crippen LogP contribution in [0.5, 0.6) is 0 Å². The second-order valence-corrected chi connectivity index (χ2v) is 12.5. The molecule has 6 rings (SSSR count). The molecule has 1 unspecified atom stereocenters. The SMILES string of the molecule is COC(=O)C1=C(C)NC(C)=C(C(=O)OCCc2ccc(N3CCN(C(c4ccccc4)c4ccccc4)CC3)cc2)C1c1cc(C#N)ccn1. The highest BCUT2D eigenvalue weighted by Crippen LogP contribution is 2.38. The maximum Gasteiger partial charge on any atom is 0.336 e. The van der Waals surface area contributed by atoms with Gasteiger partial charge in [-0.2, -0.15) is 5.26 Å². The fourth-order valence-corrected chi connectivity index (χ4v) is 6.95. The summed E-state index contributed by atoms with van der Waals surface area (Å²) in [5.74, 6) is -1.99. The highest BCUT2D eigenvalue weighted by molar-refractivity contribution is 5.99. The number of esters is 2. The smallest absolute Gasteiger partial charge is 0.336 e. The molecule has 50 heavy (non-hydrogen) atoms. The second kappa shape index (κ2) is 15.7. The Bertz CT molecular complexity index is 1890. The molecule has 0 amide bonds. The van der Waals surface area contributed by atoms with Crippen LogP contribution in [0.25, 0.3) is 0 Å². The number of benzene rings is 3. The summed E-state index contributed by atoms with van der Waals surface area (Å²) in [5.41, 5.74) is 7.20. The molecule has 9 nitrogen and oxygen atoms in total. The molecule has 9 heteroatoms. The normalized spacial score (nSPS) is 16.5. The van der Waals surface area contributed by atoms with Crippen molar-refractivity contribution in [1.29, 1.82) is 5.26 Å². The summed E-state index contributed by atoms with van der Waals surface area (Å²) in [6.07, 6.45) is 2.02. The first-order valence-corrected chi connectivity index (χ1v) is 16.9. The quantitative estimate of drug-likeness (QED) is 0.202. The second-order valence-electron chi connectivity index (χ2n) is 12.5. The molecule has 254 valence electrons. The van der Waals surface area contributed by atoms with E-state index in [1.54, 1.807) is 26.0 Å². The first-order chi connectivity index (χ1) is 24.4. The lowest BCUT2D eigenvalue weighted by Crippen LogP contribution is -2.48. The standard InChI is InChI=1S/C41H41N5O4/c1-28-36(40(47)49-3)38(35-26-31(27-42)18-20-43-35)37(29(2)44-28)41(48)50-25-19-30-14-16-34(17-15-30)45-21-23-46(24-22-45)39(32-10-6-4-7-11-32)33-12-8-5-9-13-33/h4-18,20,26,38-39,44H,19,21-25H2,1-3H3. The van der Waals surface area contributed by atoms with Crippen molar-refractivity contribution in [2.45, 2.75) is 32.2 Å². The molecule has 4 aromatic rings. The number of pyridine rings is 1. The molecule has 1 saturated heterocycles. The first-order valence-electron chi connectivity index (χ1n) is 16.9. The minimum absolute atomic E-state index is 0.155. The summed E-state index contributed by atoms with van der Waals surface area (Å²) in [7, 11) is 1.29. The first kappa shape index (κ1) is 34.2. The van der Waals surface area contributed by atoms with Crippen LogP contribution < -0.4 is 10.2 Å². The average molecular weight is 668 g/mol. The van der Waals surface area contributed by atoms with Crippen molar-refractivity contribution >= 4 is 17.6 Å². The predicted molar refractivity (Wildman–Crippen MR) is 192 cm³/mol. The number of dihydropyridines is 1. The topological polar surface area (TPSA) is 108 Å². The van der Waals surface area contributed by atoms with Crippen LogP contribution in [0.3, 0.4) is 0 Å². The number of rotatable bonds is 10. The number of nitrogens with zero attached hydrogens (tertiary/aromatic N) is 4. The Kier molecular flexibility index (Phi) is 10.7. The number of allylic oxidation sites excluding steroid dienone is 2. The third-order valence-corrected chi connectivity index (χ3v) is 9.43. The number of hydrogen-bond donors (Lipinski definition) is 1. The summed E-state index contributed by atoms with van der Waals surface area (Å²) in [4.78, 5) is 35.9. The van der Waals surface area contributed by atoms with Crippen LogP contribution in [0.1, 0.15) is 53.8 Å². The van der Waals surface area contributed by atoms with Gasteiger partial charge in [0.05, 0.1) is 54.1 Å². The number of aromatic nitrogens is 1. The summed E-state index contributed by atoms with van der Waals surface area (Å²) in [6, 6.07) is 35.3. The van der Waals surface area contributed by atoms with E-state index in [2.05, 4.69) is 111 Å². The summed E-state index contributed by atoms with van der Waals surface area (Å²) < 4.78 is 10.9. The Morgan fingerprint density at radius 1 is 0.860 bits per heavy atom. The van der Waals surface area contributed by atoms with Gasteiger partial charge in [-0.3, -0.25) is 9.88 Å². The highest BCUT2D eigenvalue weighted by Gasteiger charge is 2.39. The molecular formula is C41H41N5O4. The van der Waals surface area contributed by atoms with Gasteiger partial charge < -0.3 is 19.7 Å². The fraction of sp³-hybridized carbons (Fsp3) is 0.268. The van der Waals surface area contributed by atoms with Crippen molar-refractivity contribution in [2.75, 3.05) is 44.8 Å². The van der Waals surface area contributed by atoms with Crippen molar-refractivity contribution in [3.63, 3.8) is 0 Å². The van der Waals surface area contributed by atoms with Crippen LogP contribution >= 0.6 is 0 Å². The third kappa shape index (κ3) is 7.46. The number of nitrogens with one attached hydrogen (secondary N) is 1. The Hall–Kier alpha value is -5.72. The van der Waals surface area contributed by atoms with Gasteiger partial charge in [-0.1, -0.05) is 72.8 Å². The molecule has 1 N–H and O–H groups in total. The molecule has 0 bridgehead atoms. The van der Waals surface area contributed by atoms with Crippen molar-refractivity contribution in [3.05, 3.63) is 154 Å². The summed E-state index contributed by atoms with van der Waals surface area (Å²) in [6.45, 7) is 7.39. The number of hydrogen-bond acceptors (Lipinski definition) is 9. The highest BCUT2D eigenvalue weighted by atomic mass is 16.5. The molecular weight excluding hydrogens is 626 g/mol. The lowest BCUT2D eigenvalue weighted by Gasteiger charge is -2.40. The minimum Gasteiger partial charge on any atom is -0.466 e. The van der Waals surface area contributed by atoms with E-state index in [1.807, 2.05) is 0 Å². The monoisotopic (exact) mass is 667 g/mol. The van der Waals surface area contributed by atoms with Gasteiger partial charge in [0.15, 0.2) is 0 Å². The molecule has 0 spiro atoms. The Balaban J connectivity index is 1.08. The zero-order chi connectivity index (χ0) is 35.0. The largest absolute Gasteiger partial charge is 0.466 e. The lowest BCUT2D eigenvalue weighted by atomic mass is 9.82. The van der Waals surface area contributed by atoms with Gasteiger partial charge in [0.1, 0.15) is 0 Å². The molecule has 1 aromatic heterocycles. The van der Waals surface area contributed by atoms with Gasteiger partial charge in [-0.05, 0) is 54.8 Å². The van der Waals surface area contributed by atoms with Gasteiger partial charge in [0.25, 0.3) is 0 Å². The zero-order valence-corrected chi connectivity index (χ0v) is 28.6. The lowest BCUT2D eigenvalue weighted by molar-refractivity contribution is -0.139. The van der Waals surface area contributed by atoms with E-state index in [4.69, 9.17) is 9.47 Å². The Labute approximate surface area is 293 Å². The van der Waals surface area contributed by atoms with E-state index >= 15 is 0 Å². The zero-order valence-electron chi connectivity index (χ0n) is 28.6. The fourth-order valence-electron chi connectivity index (χ4n) is 6.95. The van der Waals surface area contributed by atoms with Gasteiger partial charge in [0.2, 0.25) is 0 Å². The summed E-state index contributed by atoms with van der Waals surface area (Å²) >= 11 is 0. The van der Waals surface area contributed by atoms with Crippen LogP contribution in [0.4, 0.5) is 5.69 Å². The van der Waals surface area contributed by atoms with E-state index in [9.17, 15) is 14.9 Å². The van der Waals surface area contributed by atoms with Crippen LogP contribution in [-0.4, -0.2) is 61.7 Å². The van der Waals surface area contributed by atoms with Crippen LogP contribution in [0.15, 0.2) is 126 Å². The molecule has 3 heterocycles. The molecule has 0 radical (unpaired) electrons. The Morgan fingerprint density at radius 2 is 1.46 bits per heavy atom. The average Bonchev–Trinajstić information content (AvgIpc) is 3.16. The number of nitriles is 1. The summed E-state index contributed by atoms with van der Waals surface area (Å²) in [5, 5.41) is 12.6. The van der Waals surface area contributed by atoms with Crippen LogP contribution in [-0.2, 0) is 25.5 Å². The number of carbonyl (C=O) groups is 2. The Morgan fingerprint density at radius 3 is 2.04 bits per heavy atom. The number of carbonyl (C=O) groups excluding carboxylic acids is 2. The van der Waals surface area contributed by atoms with Gasteiger partial charge in [-0.15, -0.1) is 0 Å². The molecule has 2 aliphatic rings. The van der Waals surface area contributed by atoms with E-state index in [0.29, 0.717) is 29.1 Å². The number of methoxy groups -OCH3 is 1. The minimum atomic E-state index is -0.847. The van der Waals surface area contributed by atoms with Crippen LogP contribution in [0.2, 0.25) is 0 Å². The van der Waals surface area contributed by atoms with E-state index in [-0.39, 0.29) is 23.8 Å². The number of piperazine rings is 1. The van der Waals surface area contributed by atoms with Crippen molar-refractivity contribution in [2.24, 2.45) is 0 Å². The molecule has 3 aromatic carbocycles. The number of anilines is 1.